The fraction of sp³-hybridized carbons (Fsp3) is 0.462. The highest BCUT2D eigenvalue weighted by molar-refractivity contribution is 7.99. The van der Waals surface area contributed by atoms with Gasteiger partial charge in [-0.2, -0.15) is 0 Å². The average molecular weight is 295 g/mol. The summed E-state index contributed by atoms with van der Waals surface area (Å²) in [5.74, 6) is 1.06. The highest BCUT2D eigenvalue weighted by Crippen LogP contribution is 2.23. The average Bonchev–Trinajstić information content (AvgIpc) is 3.07. The van der Waals surface area contributed by atoms with Gasteiger partial charge in [0.2, 0.25) is 5.91 Å². The van der Waals surface area contributed by atoms with Crippen LogP contribution in [-0.4, -0.2) is 27.9 Å². The molecule has 7 heteroatoms. The van der Waals surface area contributed by atoms with Crippen molar-refractivity contribution in [3.05, 3.63) is 18.4 Å². The van der Waals surface area contributed by atoms with Gasteiger partial charge < -0.3 is 14.2 Å². The quantitative estimate of drug-likeness (QED) is 0.791. The number of rotatable bonds is 7. The molecule has 1 amide bonds. The monoisotopic (exact) mass is 295 g/mol. The van der Waals surface area contributed by atoms with Crippen molar-refractivity contribution in [2.75, 3.05) is 5.75 Å². The maximum atomic E-state index is 11.7. The Balaban J connectivity index is 1.81. The summed E-state index contributed by atoms with van der Waals surface area (Å²) in [6, 6.07) is 3.67. The number of nitrogens with one attached hydrogen (secondary N) is 1. The Bertz CT molecular complexity index is 539. The number of nitrogens with zero attached hydrogens (tertiary/aromatic N) is 2. The van der Waals surface area contributed by atoms with E-state index >= 15 is 0 Å². The number of furan rings is 1. The Labute approximate surface area is 121 Å². The predicted molar refractivity (Wildman–Crippen MR) is 75.2 cm³/mol. The fourth-order valence-electron chi connectivity index (χ4n) is 1.72. The molecule has 0 saturated carbocycles. The molecule has 0 fully saturated rings. The zero-order chi connectivity index (χ0) is 14.4. The zero-order valence-corrected chi connectivity index (χ0v) is 12.3. The van der Waals surface area contributed by atoms with Crippen LogP contribution in [0.1, 0.15) is 26.7 Å². The first-order valence-corrected chi connectivity index (χ1v) is 7.47. The number of carbonyl (C=O) groups excluding carboxylic acids is 1. The van der Waals surface area contributed by atoms with Crippen LogP contribution in [0.4, 0.5) is 0 Å². The Morgan fingerprint density at radius 2 is 2.35 bits per heavy atom. The van der Waals surface area contributed by atoms with E-state index in [9.17, 15) is 4.79 Å². The molecular weight excluding hydrogens is 278 g/mol. The van der Waals surface area contributed by atoms with E-state index in [0.717, 1.165) is 12.8 Å². The maximum Gasteiger partial charge on any atom is 0.284 e. The van der Waals surface area contributed by atoms with E-state index in [4.69, 9.17) is 8.83 Å². The SMILES string of the molecule is CCC[C@H](C)NC(=O)CSc1nnc(-c2ccco2)o1. The molecule has 108 valence electrons. The standard InChI is InChI=1S/C13H17N3O3S/c1-3-5-9(2)14-11(17)8-20-13-16-15-12(19-13)10-6-4-7-18-10/h4,6-7,9H,3,5,8H2,1-2H3,(H,14,17)/t9-/m0/s1. The molecule has 0 bridgehead atoms. The highest BCUT2D eigenvalue weighted by atomic mass is 32.2. The van der Waals surface area contributed by atoms with E-state index in [1.165, 1.54) is 18.0 Å². The lowest BCUT2D eigenvalue weighted by molar-refractivity contribution is -0.119. The van der Waals surface area contributed by atoms with Crippen molar-refractivity contribution in [1.29, 1.82) is 0 Å². The third-order valence-electron chi connectivity index (χ3n) is 2.59. The third kappa shape index (κ3) is 4.12. The fourth-order valence-corrected chi connectivity index (χ4v) is 2.29. The van der Waals surface area contributed by atoms with Crippen LogP contribution in [0.2, 0.25) is 0 Å². The van der Waals surface area contributed by atoms with Crippen LogP contribution < -0.4 is 5.32 Å². The van der Waals surface area contributed by atoms with Crippen LogP contribution in [0.25, 0.3) is 11.7 Å². The second-order valence-corrected chi connectivity index (χ2v) is 5.32. The minimum absolute atomic E-state index is 0.0336. The minimum Gasteiger partial charge on any atom is -0.459 e. The van der Waals surface area contributed by atoms with Crippen molar-refractivity contribution < 1.29 is 13.6 Å². The van der Waals surface area contributed by atoms with Crippen LogP contribution in [0.5, 0.6) is 0 Å². The van der Waals surface area contributed by atoms with Crippen molar-refractivity contribution in [3.8, 4) is 11.7 Å². The lowest BCUT2D eigenvalue weighted by Gasteiger charge is -2.11. The lowest BCUT2D eigenvalue weighted by atomic mass is 10.2. The third-order valence-corrected chi connectivity index (χ3v) is 3.41. The normalized spacial score (nSPS) is 12.3. The van der Waals surface area contributed by atoms with Crippen LogP contribution in [-0.2, 0) is 4.79 Å². The summed E-state index contributed by atoms with van der Waals surface area (Å²) in [5, 5.41) is 11.0. The molecule has 2 aromatic heterocycles. The van der Waals surface area contributed by atoms with Crippen molar-refractivity contribution in [3.63, 3.8) is 0 Å². The van der Waals surface area contributed by atoms with Gasteiger partial charge in [0.05, 0.1) is 12.0 Å². The van der Waals surface area contributed by atoms with E-state index < -0.39 is 0 Å². The van der Waals surface area contributed by atoms with Crippen LogP contribution in [0.15, 0.2) is 32.5 Å². The Morgan fingerprint density at radius 1 is 1.50 bits per heavy atom. The summed E-state index contributed by atoms with van der Waals surface area (Å²) < 4.78 is 10.6. The molecule has 1 N–H and O–H groups in total. The van der Waals surface area contributed by atoms with E-state index in [-0.39, 0.29) is 17.7 Å². The molecule has 0 aliphatic heterocycles. The largest absolute Gasteiger partial charge is 0.459 e. The molecule has 20 heavy (non-hydrogen) atoms. The molecule has 0 radical (unpaired) electrons. The smallest absolute Gasteiger partial charge is 0.284 e. The summed E-state index contributed by atoms with van der Waals surface area (Å²) in [4.78, 5) is 11.7. The Kier molecular flexibility index (Phi) is 5.23. The second kappa shape index (κ2) is 7.14. The first-order chi connectivity index (χ1) is 9.69. The first-order valence-electron chi connectivity index (χ1n) is 6.48. The van der Waals surface area contributed by atoms with Crippen LogP contribution >= 0.6 is 11.8 Å². The zero-order valence-electron chi connectivity index (χ0n) is 11.5. The highest BCUT2D eigenvalue weighted by Gasteiger charge is 2.13. The topological polar surface area (TPSA) is 81.2 Å². The van der Waals surface area contributed by atoms with Gasteiger partial charge in [0.25, 0.3) is 11.1 Å². The summed E-state index contributed by atoms with van der Waals surface area (Å²) in [6.07, 6.45) is 3.55. The number of amides is 1. The molecule has 0 aromatic carbocycles. The molecule has 2 aromatic rings. The summed E-state index contributed by atoms with van der Waals surface area (Å²) >= 11 is 1.21. The molecule has 6 nitrogen and oxygen atoms in total. The van der Waals surface area contributed by atoms with Crippen molar-refractivity contribution in [2.45, 2.75) is 38.0 Å². The van der Waals surface area contributed by atoms with Crippen LogP contribution in [0, 0.1) is 0 Å². The summed E-state index contributed by atoms with van der Waals surface area (Å²) in [7, 11) is 0. The van der Waals surface area contributed by atoms with Gasteiger partial charge in [-0.3, -0.25) is 4.79 Å². The number of hydrogen-bond donors (Lipinski definition) is 1. The van der Waals surface area contributed by atoms with Crippen LogP contribution in [0.3, 0.4) is 0 Å². The van der Waals surface area contributed by atoms with Crippen molar-refractivity contribution in [1.82, 2.24) is 15.5 Å². The van der Waals surface area contributed by atoms with Crippen molar-refractivity contribution >= 4 is 17.7 Å². The van der Waals surface area contributed by atoms with Gasteiger partial charge in [0.1, 0.15) is 0 Å². The van der Waals surface area contributed by atoms with Gasteiger partial charge in [-0.25, -0.2) is 0 Å². The molecule has 1 atom stereocenters. The number of thioether (sulfide) groups is 1. The molecular formula is C13H17N3O3S. The summed E-state index contributed by atoms with van der Waals surface area (Å²) in [6.45, 7) is 4.08. The molecule has 0 aliphatic carbocycles. The molecule has 2 heterocycles. The Morgan fingerprint density at radius 3 is 3.05 bits per heavy atom. The van der Waals surface area contributed by atoms with Gasteiger partial charge in [0.15, 0.2) is 5.76 Å². The van der Waals surface area contributed by atoms with Gasteiger partial charge in [-0.05, 0) is 25.5 Å². The molecule has 0 unspecified atom stereocenters. The van der Waals surface area contributed by atoms with Crippen molar-refractivity contribution in [2.24, 2.45) is 0 Å². The maximum absolute atomic E-state index is 11.7. The summed E-state index contributed by atoms with van der Waals surface area (Å²) in [5.41, 5.74) is 0. The van der Waals surface area contributed by atoms with E-state index in [1.807, 2.05) is 6.92 Å². The first kappa shape index (κ1) is 14.6. The van der Waals surface area contributed by atoms with Gasteiger partial charge in [0, 0.05) is 6.04 Å². The number of hydrogen-bond acceptors (Lipinski definition) is 6. The Hall–Kier alpha value is -1.76. The van der Waals surface area contributed by atoms with E-state index in [2.05, 4.69) is 22.4 Å². The lowest BCUT2D eigenvalue weighted by Crippen LogP contribution is -2.33. The second-order valence-electron chi connectivity index (χ2n) is 4.40. The van der Waals surface area contributed by atoms with Gasteiger partial charge in [-0.15, -0.1) is 10.2 Å². The van der Waals surface area contributed by atoms with Gasteiger partial charge >= 0.3 is 0 Å². The van der Waals surface area contributed by atoms with E-state index in [0.29, 0.717) is 16.9 Å². The van der Waals surface area contributed by atoms with E-state index in [1.54, 1.807) is 12.1 Å². The molecule has 0 aliphatic rings. The molecule has 2 rings (SSSR count). The molecule has 0 saturated heterocycles. The minimum atomic E-state index is -0.0336. The number of aromatic nitrogens is 2. The number of carbonyl (C=O) groups is 1. The van der Waals surface area contributed by atoms with Gasteiger partial charge in [-0.1, -0.05) is 25.1 Å². The predicted octanol–water partition coefficient (Wildman–Crippen LogP) is 2.73. The molecule has 0 spiro atoms.